The van der Waals surface area contributed by atoms with Gasteiger partial charge in [-0.15, -0.1) is 0 Å². The summed E-state index contributed by atoms with van der Waals surface area (Å²) in [6.07, 6.45) is 2.53. The van der Waals surface area contributed by atoms with Crippen molar-refractivity contribution in [2.45, 2.75) is 45.3 Å². The normalized spacial score (nSPS) is 22.9. The molecule has 0 aromatic heterocycles. The maximum absolute atomic E-state index is 5.66. The van der Waals surface area contributed by atoms with Crippen LogP contribution in [0.3, 0.4) is 0 Å². The molecule has 0 spiro atoms. The Morgan fingerprint density at radius 1 is 1.50 bits per heavy atom. The summed E-state index contributed by atoms with van der Waals surface area (Å²) in [6, 6.07) is 0. The van der Waals surface area contributed by atoms with Gasteiger partial charge in [0.25, 0.3) is 0 Å². The van der Waals surface area contributed by atoms with Gasteiger partial charge in [0.15, 0.2) is 0 Å². The van der Waals surface area contributed by atoms with Crippen LogP contribution in [0.15, 0.2) is 0 Å². The first-order valence-corrected chi connectivity index (χ1v) is 5.58. The smallest absolute Gasteiger partial charge is 0.0831 e. The van der Waals surface area contributed by atoms with Crippen molar-refractivity contribution in [3.05, 3.63) is 0 Å². The molecule has 0 aliphatic carbocycles. The van der Waals surface area contributed by atoms with Gasteiger partial charge in [0.1, 0.15) is 0 Å². The lowest BCUT2D eigenvalue weighted by atomic mass is 10.0. The Bertz CT molecular complexity index is 153. The van der Waals surface area contributed by atoms with Gasteiger partial charge in [0, 0.05) is 18.7 Å². The first-order valence-electron chi connectivity index (χ1n) is 5.58. The van der Waals surface area contributed by atoms with E-state index in [2.05, 4.69) is 26.1 Å². The van der Waals surface area contributed by atoms with Gasteiger partial charge in [-0.3, -0.25) is 0 Å². The number of nitrogens with one attached hydrogen (secondary N) is 1. The van der Waals surface area contributed by atoms with Crippen molar-refractivity contribution < 1.29 is 9.47 Å². The van der Waals surface area contributed by atoms with Gasteiger partial charge >= 0.3 is 0 Å². The molecular weight excluding hydrogens is 178 g/mol. The van der Waals surface area contributed by atoms with E-state index in [-0.39, 0.29) is 5.54 Å². The van der Waals surface area contributed by atoms with Crippen molar-refractivity contribution in [1.29, 1.82) is 0 Å². The van der Waals surface area contributed by atoms with Gasteiger partial charge in [-0.1, -0.05) is 6.92 Å². The van der Waals surface area contributed by atoms with E-state index in [4.69, 9.17) is 9.47 Å². The summed E-state index contributed by atoms with van der Waals surface area (Å²) in [7, 11) is 0. The molecule has 1 aliphatic rings. The largest absolute Gasteiger partial charge is 0.379 e. The lowest BCUT2D eigenvalue weighted by Gasteiger charge is -2.24. The molecule has 1 atom stereocenters. The van der Waals surface area contributed by atoms with E-state index in [1.165, 1.54) is 0 Å². The van der Waals surface area contributed by atoms with Crippen LogP contribution in [0.1, 0.15) is 33.6 Å². The van der Waals surface area contributed by atoms with Crippen LogP contribution in [0.25, 0.3) is 0 Å². The van der Waals surface area contributed by atoms with E-state index in [1.807, 2.05) is 0 Å². The highest BCUT2D eigenvalue weighted by molar-refractivity contribution is 4.74. The van der Waals surface area contributed by atoms with Crippen LogP contribution in [0, 0.1) is 0 Å². The summed E-state index contributed by atoms with van der Waals surface area (Å²) < 4.78 is 10.9. The van der Waals surface area contributed by atoms with E-state index in [1.54, 1.807) is 0 Å². The molecule has 0 aromatic carbocycles. The third-order valence-corrected chi connectivity index (χ3v) is 2.83. The molecule has 0 saturated carbocycles. The van der Waals surface area contributed by atoms with Crippen LogP contribution in [-0.4, -0.2) is 38.0 Å². The summed E-state index contributed by atoms with van der Waals surface area (Å²) in [5, 5.41) is 3.47. The van der Waals surface area contributed by atoms with Crippen LogP contribution in [-0.2, 0) is 9.47 Å². The van der Waals surface area contributed by atoms with Crippen molar-refractivity contribution >= 4 is 0 Å². The Morgan fingerprint density at radius 2 is 2.29 bits per heavy atom. The molecule has 1 heterocycles. The van der Waals surface area contributed by atoms with Gasteiger partial charge in [-0.25, -0.2) is 0 Å². The highest BCUT2D eigenvalue weighted by atomic mass is 16.5. The maximum atomic E-state index is 5.66. The van der Waals surface area contributed by atoms with Crippen molar-refractivity contribution in [3.8, 4) is 0 Å². The maximum Gasteiger partial charge on any atom is 0.0831 e. The van der Waals surface area contributed by atoms with Crippen LogP contribution < -0.4 is 5.32 Å². The topological polar surface area (TPSA) is 30.5 Å². The molecule has 84 valence electrons. The number of hydrogen-bond acceptors (Lipinski definition) is 3. The fraction of sp³-hybridized carbons (Fsp3) is 1.00. The highest BCUT2D eigenvalue weighted by Gasteiger charge is 2.16. The molecule has 1 N–H and O–H groups in total. The van der Waals surface area contributed by atoms with Gasteiger partial charge in [0.2, 0.25) is 0 Å². The van der Waals surface area contributed by atoms with E-state index in [0.717, 1.165) is 39.2 Å². The summed E-state index contributed by atoms with van der Waals surface area (Å²) >= 11 is 0. The second kappa shape index (κ2) is 5.69. The lowest BCUT2D eigenvalue weighted by molar-refractivity contribution is 0.0420. The summed E-state index contributed by atoms with van der Waals surface area (Å²) in [5.74, 6) is 0. The minimum atomic E-state index is 0.232. The van der Waals surface area contributed by atoms with E-state index >= 15 is 0 Å². The second-order valence-electron chi connectivity index (χ2n) is 4.52. The molecule has 1 rings (SSSR count). The molecule has 0 aromatic rings. The standard InChI is InChI=1S/C11H23NO2/c1-4-11(2,3)12-6-8-14-10-5-7-13-9-10/h10,12H,4-9H2,1-3H3. The molecule has 3 heteroatoms. The van der Waals surface area contributed by atoms with Gasteiger partial charge in [-0.05, 0) is 26.7 Å². The van der Waals surface area contributed by atoms with E-state index in [9.17, 15) is 0 Å². The second-order valence-corrected chi connectivity index (χ2v) is 4.52. The molecule has 0 amide bonds. The number of rotatable bonds is 6. The molecule has 1 unspecified atom stereocenters. The number of ether oxygens (including phenoxy) is 2. The predicted octanol–water partition coefficient (Wildman–Crippen LogP) is 1.57. The molecular formula is C11H23NO2. The monoisotopic (exact) mass is 201 g/mol. The van der Waals surface area contributed by atoms with Gasteiger partial charge < -0.3 is 14.8 Å². The average molecular weight is 201 g/mol. The zero-order chi connectivity index (χ0) is 10.4. The summed E-state index contributed by atoms with van der Waals surface area (Å²) in [6.45, 7) is 9.97. The van der Waals surface area contributed by atoms with E-state index < -0.39 is 0 Å². The van der Waals surface area contributed by atoms with Crippen molar-refractivity contribution in [2.24, 2.45) is 0 Å². The number of hydrogen-bond donors (Lipinski definition) is 1. The van der Waals surface area contributed by atoms with Crippen LogP contribution in [0.5, 0.6) is 0 Å². The Balaban J connectivity index is 1.98. The van der Waals surface area contributed by atoms with Gasteiger partial charge in [-0.2, -0.15) is 0 Å². The molecule has 3 nitrogen and oxygen atoms in total. The molecule has 0 radical (unpaired) electrons. The molecule has 1 saturated heterocycles. The molecule has 14 heavy (non-hydrogen) atoms. The predicted molar refractivity (Wildman–Crippen MR) is 57.5 cm³/mol. The Hall–Kier alpha value is -0.120. The van der Waals surface area contributed by atoms with Crippen LogP contribution in [0.4, 0.5) is 0 Å². The zero-order valence-electron chi connectivity index (χ0n) is 9.64. The molecule has 0 bridgehead atoms. The Morgan fingerprint density at radius 3 is 2.86 bits per heavy atom. The quantitative estimate of drug-likeness (QED) is 0.662. The minimum Gasteiger partial charge on any atom is -0.379 e. The Kier molecular flexibility index (Phi) is 4.85. The SMILES string of the molecule is CCC(C)(C)NCCOC1CCOC1. The molecule has 1 fully saturated rings. The Labute approximate surface area is 87.2 Å². The van der Waals surface area contributed by atoms with Crippen LogP contribution in [0.2, 0.25) is 0 Å². The third kappa shape index (κ3) is 4.40. The third-order valence-electron chi connectivity index (χ3n) is 2.83. The van der Waals surface area contributed by atoms with Crippen molar-refractivity contribution in [2.75, 3.05) is 26.4 Å². The molecule has 1 aliphatic heterocycles. The van der Waals surface area contributed by atoms with Gasteiger partial charge in [0.05, 0.1) is 19.3 Å². The summed E-state index contributed by atoms with van der Waals surface area (Å²) in [5.41, 5.74) is 0.232. The van der Waals surface area contributed by atoms with Crippen molar-refractivity contribution in [3.63, 3.8) is 0 Å². The minimum absolute atomic E-state index is 0.232. The fourth-order valence-corrected chi connectivity index (χ4v) is 1.38. The van der Waals surface area contributed by atoms with Crippen LogP contribution >= 0.6 is 0 Å². The average Bonchev–Trinajstić information content (AvgIpc) is 2.65. The summed E-state index contributed by atoms with van der Waals surface area (Å²) in [4.78, 5) is 0. The zero-order valence-corrected chi connectivity index (χ0v) is 9.64. The first-order chi connectivity index (χ1) is 6.64. The fourth-order valence-electron chi connectivity index (χ4n) is 1.38. The highest BCUT2D eigenvalue weighted by Crippen LogP contribution is 2.08. The first kappa shape index (κ1) is 12.0. The van der Waals surface area contributed by atoms with E-state index in [0.29, 0.717) is 6.10 Å². The van der Waals surface area contributed by atoms with Crippen molar-refractivity contribution in [1.82, 2.24) is 5.32 Å². The lowest BCUT2D eigenvalue weighted by Crippen LogP contribution is -2.40.